The average Bonchev–Trinajstić information content (AvgIpc) is 2.09. The van der Waals surface area contributed by atoms with Crippen LogP contribution >= 0.6 is 11.6 Å². The molecule has 1 heterocycles. The first-order valence-corrected chi connectivity index (χ1v) is 4.27. The van der Waals surface area contributed by atoms with Gasteiger partial charge in [-0.2, -0.15) is 0 Å². The minimum atomic E-state index is -0.0673. The van der Waals surface area contributed by atoms with E-state index in [4.69, 9.17) is 17.3 Å². The van der Waals surface area contributed by atoms with Crippen molar-refractivity contribution in [3.8, 4) is 0 Å². The molecular weight excluding hydrogens is 192 g/mol. The van der Waals surface area contributed by atoms with Crippen LogP contribution in [0.3, 0.4) is 0 Å². The van der Waals surface area contributed by atoms with Gasteiger partial charge in [0, 0.05) is 12.6 Å². The number of anilines is 1. The van der Waals surface area contributed by atoms with Crippen molar-refractivity contribution in [2.75, 3.05) is 12.3 Å². The van der Waals surface area contributed by atoms with Gasteiger partial charge in [-0.1, -0.05) is 18.5 Å². The third-order valence-electron chi connectivity index (χ3n) is 1.40. The van der Waals surface area contributed by atoms with Gasteiger partial charge in [0.1, 0.15) is 5.15 Å². The Labute approximate surface area is 80.5 Å². The molecule has 0 bridgehead atoms. The van der Waals surface area contributed by atoms with Gasteiger partial charge in [0.15, 0.2) is 5.49 Å². The van der Waals surface area contributed by atoms with Gasteiger partial charge >= 0.3 is 0 Å². The van der Waals surface area contributed by atoms with Crippen LogP contribution in [0.15, 0.2) is 11.1 Å². The fourth-order valence-electron chi connectivity index (χ4n) is 0.813. The summed E-state index contributed by atoms with van der Waals surface area (Å²) in [5.74, 6) is -0.0673. The number of rotatable bonds is 2. The molecule has 0 fully saturated rings. The van der Waals surface area contributed by atoms with Crippen molar-refractivity contribution in [3.05, 3.63) is 16.7 Å². The summed E-state index contributed by atoms with van der Waals surface area (Å²) < 4.78 is 0.710. The van der Waals surface area contributed by atoms with Crippen molar-refractivity contribution in [3.63, 3.8) is 0 Å². The second kappa shape index (κ2) is 4.13. The Morgan fingerprint density at radius 1 is 1.77 bits per heavy atom. The molecule has 0 aliphatic carbocycles. The lowest BCUT2D eigenvalue weighted by Crippen LogP contribution is -2.23. The molecule has 0 spiro atoms. The first-order chi connectivity index (χ1) is 6.15. The van der Waals surface area contributed by atoms with Crippen molar-refractivity contribution in [2.24, 2.45) is 4.99 Å². The molecule has 0 saturated carbocycles. The molecule has 13 heavy (non-hydrogen) atoms. The number of hydrogen-bond donors (Lipinski definition) is 2. The molecule has 72 valence electrons. The van der Waals surface area contributed by atoms with Gasteiger partial charge in [0.05, 0.1) is 0 Å². The Kier molecular flexibility index (Phi) is 3.13. The molecule has 0 saturated heterocycles. The zero-order valence-electron chi connectivity index (χ0n) is 7.24. The van der Waals surface area contributed by atoms with E-state index in [0.717, 1.165) is 6.42 Å². The number of hydrogen-bond acceptors (Lipinski definition) is 4. The van der Waals surface area contributed by atoms with Crippen LogP contribution in [-0.4, -0.2) is 21.5 Å². The quantitative estimate of drug-likeness (QED) is 0.547. The lowest BCUT2D eigenvalue weighted by Gasteiger charge is -2.01. The molecule has 0 radical (unpaired) electrons. The molecule has 1 rings (SSSR count). The van der Waals surface area contributed by atoms with Gasteiger partial charge in [-0.15, -0.1) is 4.73 Å². The van der Waals surface area contributed by atoms with Gasteiger partial charge in [-0.05, 0) is 6.42 Å². The van der Waals surface area contributed by atoms with E-state index in [1.807, 2.05) is 6.92 Å². The molecule has 6 heteroatoms. The molecule has 0 atom stereocenters. The second-order valence-corrected chi connectivity index (χ2v) is 2.88. The topological polar surface area (TPSA) is 76.4 Å². The average molecular weight is 203 g/mol. The Morgan fingerprint density at radius 3 is 3.08 bits per heavy atom. The van der Waals surface area contributed by atoms with E-state index in [9.17, 15) is 5.21 Å². The van der Waals surface area contributed by atoms with Gasteiger partial charge in [-0.25, -0.2) is 4.98 Å². The largest absolute Gasteiger partial charge is 0.423 e. The molecule has 1 aromatic rings. The van der Waals surface area contributed by atoms with Crippen LogP contribution in [0.2, 0.25) is 5.15 Å². The van der Waals surface area contributed by atoms with Gasteiger partial charge in [0.25, 0.3) is 0 Å². The Bertz CT molecular complexity index is 360. The highest BCUT2D eigenvalue weighted by atomic mass is 35.5. The summed E-state index contributed by atoms with van der Waals surface area (Å²) in [5.41, 5.74) is 5.67. The van der Waals surface area contributed by atoms with Gasteiger partial charge in [-0.3, -0.25) is 4.99 Å². The minimum Gasteiger partial charge on any atom is -0.423 e. The van der Waals surface area contributed by atoms with E-state index >= 15 is 0 Å². The van der Waals surface area contributed by atoms with Crippen LogP contribution in [0, 0.1) is 0 Å². The van der Waals surface area contributed by atoms with E-state index < -0.39 is 0 Å². The Balaban J connectivity index is 3.20. The number of aromatic nitrogens is 2. The highest BCUT2D eigenvalue weighted by molar-refractivity contribution is 6.29. The maximum atomic E-state index is 9.33. The van der Waals surface area contributed by atoms with E-state index in [1.54, 1.807) is 0 Å². The van der Waals surface area contributed by atoms with Crippen molar-refractivity contribution in [1.82, 2.24) is 9.71 Å². The predicted octanol–water partition coefficient (Wildman–Crippen LogP) is 0.667. The predicted molar refractivity (Wildman–Crippen MR) is 49.6 cm³/mol. The van der Waals surface area contributed by atoms with Crippen molar-refractivity contribution >= 4 is 17.5 Å². The van der Waals surface area contributed by atoms with Crippen LogP contribution in [0.5, 0.6) is 0 Å². The smallest absolute Gasteiger partial charge is 0.237 e. The number of halogens is 1. The summed E-state index contributed by atoms with van der Waals surface area (Å²) in [6, 6.07) is 1.45. The van der Waals surface area contributed by atoms with Crippen LogP contribution in [0.25, 0.3) is 0 Å². The molecular formula is C7H11ClN4O. The van der Waals surface area contributed by atoms with Crippen molar-refractivity contribution < 1.29 is 5.21 Å². The highest BCUT2D eigenvalue weighted by Gasteiger charge is 1.99. The maximum absolute atomic E-state index is 9.33. The lowest BCUT2D eigenvalue weighted by molar-refractivity contribution is 0.175. The standard InChI is InChI=1S/C7H11ClN4O/c1-2-3-10-6-4-5(8)11-7(9)12(6)13/h4,13H,2-3H2,1H3,(H2,9,11). The van der Waals surface area contributed by atoms with Crippen LogP contribution in [0.4, 0.5) is 5.95 Å². The number of nitrogen functional groups attached to an aromatic ring is 1. The van der Waals surface area contributed by atoms with E-state index in [0.29, 0.717) is 16.8 Å². The Hall–Kier alpha value is -1.23. The molecule has 3 N–H and O–H groups in total. The van der Waals surface area contributed by atoms with E-state index in [2.05, 4.69) is 9.98 Å². The lowest BCUT2D eigenvalue weighted by atomic mass is 10.5. The zero-order valence-corrected chi connectivity index (χ0v) is 7.99. The van der Waals surface area contributed by atoms with Crippen molar-refractivity contribution in [1.29, 1.82) is 0 Å². The minimum absolute atomic E-state index is 0.0673. The first-order valence-electron chi connectivity index (χ1n) is 3.90. The summed E-state index contributed by atoms with van der Waals surface area (Å²) in [7, 11) is 0. The highest BCUT2D eigenvalue weighted by Crippen LogP contribution is 2.01. The molecule has 0 aliphatic rings. The van der Waals surface area contributed by atoms with Gasteiger partial charge < -0.3 is 10.9 Å². The fraction of sp³-hybridized carbons (Fsp3) is 0.429. The number of nitrogens with zero attached hydrogens (tertiary/aromatic N) is 3. The molecule has 0 unspecified atom stereocenters. The van der Waals surface area contributed by atoms with Gasteiger partial charge in [0.2, 0.25) is 5.95 Å². The maximum Gasteiger partial charge on any atom is 0.237 e. The third kappa shape index (κ3) is 2.35. The number of nitrogens with two attached hydrogens (primary N) is 1. The molecule has 0 aliphatic heterocycles. The third-order valence-corrected chi connectivity index (χ3v) is 1.59. The summed E-state index contributed by atoms with van der Waals surface area (Å²) in [6.07, 6.45) is 0.889. The summed E-state index contributed by atoms with van der Waals surface area (Å²) >= 11 is 5.63. The van der Waals surface area contributed by atoms with Crippen LogP contribution < -0.4 is 11.2 Å². The van der Waals surface area contributed by atoms with Crippen LogP contribution in [0.1, 0.15) is 13.3 Å². The summed E-state index contributed by atoms with van der Waals surface area (Å²) in [5, 5.41) is 9.55. The molecule has 0 aromatic carbocycles. The van der Waals surface area contributed by atoms with Crippen LogP contribution in [-0.2, 0) is 0 Å². The summed E-state index contributed by atoms with van der Waals surface area (Å²) in [6.45, 7) is 2.59. The van der Waals surface area contributed by atoms with E-state index in [-0.39, 0.29) is 11.1 Å². The summed E-state index contributed by atoms with van der Waals surface area (Å²) in [4.78, 5) is 7.69. The fourth-order valence-corrected chi connectivity index (χ4v) is 0.997. The normalized spacial score (nSPS) is 12.0. The first kappa shape index (κ1) is 9.85. The van der Waals surface area contributed by atoms with E-state index in [1.165, 1.54) is 6.07 Å². The zero-order chi connectivity index (χ0) is 9.84. The molecule has 5 nitrogen and oxygen atoms in total. The SMILES string of the molecule is CCCN=c1cc(Cl)nc(N)n1O. The second-order valence-electron chi connectivity index (χ2n) is 2.49. The monoisotopic (exact) mass is 202 g/mol. The molecule has 1 aromatic heterocycles. The Morgan fingerprint density at radius 2 is 2.46 bits per heavy atom. The van der Waals surface area contributed by atoms with Crippen molar-refractivity contribution in [2.45, 2.75) is 13.3 Å². The molecule has 0 amide bonds.